The zero-order valence-electron chi connectivity index (χ0n) is 18.3. The maximum Gasteiger partial charge on any atom is 0.408 e. The largest absolute Gasteiger partial charge is 0.502 e. The number of pyridine rings is 1. The molecule has 2 aromatic carbocycles. The van der Waals surface area contributed by atoms with Gasteiger partial charge >= 0.3 is 6.18 Å². The van der Waals surface area contributed by atoms with Gasteiger partial charge in [-0.2, -0.15) is 13.2 Å². The number of carbonyl (C=O) groups excluding carboxylic acids is 1. The Bertz CT molecular complexity index is 1390. The van der Waals surface area contributed by atoms with E-state index in [-0.39, 0.29) is 0 Å². The van der Waals surface area contributed by atoms with Gasteiger partial charge in [-0.3, -0.25) is 19.3 Å². The van der Waals surface area contributed by atoms with E-state index in [1.807, 2.05) is 42.5 Å². The standard InChI is InChI=1S/C24H19BrF3N3O3S/c1-13(24(26,27)28)29-12-31(30-10-9-17(32)22(33)21(30)23(29)34)20-15-6-2-3-8-18(15)35-11-14-5-4-7-16(25)19(14)20/h2-10,13,20,33H,11-12H2,1H3/t13-,20-/m1/s1. The number of fused-ring (bicyclic) bond motifs is 3. The molecule has 0 bridgehead atoms. The van der Waals surface area contributed by atoms with Crippen LogP contribution in [0, 0.1) is 0 Å². The quantitative estimate of drug-likeness (QED) is 0.473. The molecule has 5 rings (SSSR count). The number of thioether (sulfide) groups is 1. The Morgan fingerprint density at radius 3 is 2.60 bits per heavy atom. The fourth-order valence-corrected chi connectivity index (χ4v) is 6.22. The van der Waals surface area contributed by atoms with Gasteiger partial charge in [0.2, 0.25) is 5.43 Å². The molecule has 3 heterocycles. The number of hydrogen-bond acceptors (Lipinski definition) is 5. The minimum Gasteiger partial charge on any atom is -0.502 e. The van der Waals surface area contributed by atoms with Crippen LogP contribution in [0.3, 0.4) is 0 Å². The zero-order valence-corrected chi connectivity index (χ0v) is 20.7. The SMILES string of the molecule is C[C@@H](N1CN([C@@H]2c3ccccc3SCc3cccc(Br)c32)n2ccc(=O)c(O)c2C1=O)C(F)(F)F. The Kier molecular flexibility index (Phi) is 5.87. The number of nitrogens with zero attached hydrogens (tertiary/aromatic N) is 3. The van der Waals surface area contributed by atoms with Gasteiger partial charge in [0.05, 0.1) is 0 Å². The Balaban J connectivity index is 1.80. The number of amides is 1. The molecule has 0 saturated carbocycles. The Hall–Kier alpha value is -2.92. The molecular formula is C24H19BrF3N3O3S. The van der Waals surface area contributed by atoms with Gasteiger partial charge in [-0.05, 0) is 35.7 Å². The number of rotatable bonds is 2. The van der Waals surface area contributed by atoms with Crippen LogP contribution in [-0.2, 0) is 5.75 Å². The summed E-state index contributed by atoms with van der Waals surface area (Å²) in [6.07, 6.45) is -3.38. The van der Waals surface area contributed by atoms with Crippen molar-refractivity contribution in [1.82, 2.24) is 9.58 Å². The molecule has 2 aliphatic rings. The smallest absolute Gasteiger partial charge is 0.408 e. The summed E-state index contributed by atoms with van der Waals surface area (Å²) in [5, 5.41) is 12.1. The summed E-state index contributed by atoms with van der Waals surface area (Å²) in [6.45, 7) is 0.476. The van der Waals surface area contributed by atoms with Crippen LogP contribution >= 0.6 is 27.7 Å². The molecule has 11 heteroatoms. The molecule has 0 fully saturated rings. The first-order valence-corrected chi connectivity index (χ1v) is 12.5. The highest BCUT2D eigenvalue weighted by atomic mass is 79.9. The van der Waals surface area contributed by atoms with Crippen LogP contribution in [0.2, 0.25) is 0 Å². The number of benzene rings is 2. The maximum absolute atomic E-state index is 13.8. The van der Waals surface area contributed by atoms with Crippen LogP contribution in [0.25, 0.3) is 0 Å². The molecule has 3 aromatic rings. The predicted octanol–water partition coefficient (Wildman–Crippen LogP) is 5.01. The molecule has 1 aromatic heterocycles. The molecule has 2 atom stereocenters. The number of alkyl halides is 3. The normalized spacial score (nSPS) is 18.4. The first-order valence-electron chi connectivity index (χ1n) is 10.7. The number of halogens is 4. The maximum atomic E-state index is 13.8. The first kappa shape index (κ1) is 23.8. The van der Waals surface area contributed by atoms with Crippen molar-refractivity contribution in [2.45, 2.75) is 35.8 Å². The van der Waals surface area contributed by atoms with E-state index in [2.05, 4.69) is 15.9 Å². The summed E-state index contributed by atoms with van der Waals surface area (Å²) in [6, 6.07) is 11.6. The van der Waals surface area contributed by atoms with Crippen LogP contribution in [0.15, 0.2) is 68.9 Å². The van der Waals surface area contributed by atoms with Crippen LogP contribution in [0.4, 0.5) is 13.2 Å². The molecule has 6 nitrogen and oxygen atoms in total. The van der Waals surface area contributed by atoms with Crippen LogP contribution in [0.1, 0.15) is 40.1 Å². The van der Waals surface area contributed by atoms with E-state index in [1.54, 1.807) is 16.8 Å². The third kappa shape index (κ3) is 3.90. The molecule has 0 unspecified atom stereocenters. The van der Waals surface area contributed by atoms with Gasteiger partial charge in [0.1, 0.15) is 18.8 Å². The zero-order chi connectivity index (χ0) is 25.1. The highest BCUT2D eigenvalue weighted by molar-refractivity contribution is 9.10. The van der Waals surface area contributed by atoms with Gasteiger partial charge in [0.25, 0.3) is 5.91 Å². The van der Waals surface area contributed by atoms with Crippen molar-refractivity contribution >= 4 is 33.6 Å². The molecule has 1 amide bonds. The second-order valence-corrected chi connectivity index (χ2v) is 10.2. The summed E-state index contributed by atoms with van der Waals surface area (Å²) >= 11 is 5.24. The number of carbonyl (C=O) groups is 1. The monoisotopic (exact) mass is 565 g/mol. The van der Waals surface area contributed by atoms with Gasteiger partial charge < -0.3 is 10.0 Å². The van der Waals surface area contributed by atoms with E-state index in [1.165, 1.54) is 10.9 Å². The van der Waals surface area contributed by atoms with Gasteiger partial charge in [0.15, 0.2) is 11.4 Å². The Morgan fingerprint density at radius 1 is 1.11 bits per heavy atom. The third-order valence-electron chi connectivity index (χ3n) is 6.34. The van der Waals surface area contributed by atoms with E-state index in [0.717, 1.165) is 39.0 Å². The van der Waals surface area contributed by atoms with Crippen LogP contribution in [-0.4, -0.2) is 39.5 Å². The number of hydrogen-bond donors (Lipinski definition) is 1. The van der Waals surface area contributed by atoms with Crippen LogP contribution in [0.5, 0.6) is 5.75 Å². The topological polar surface area (TPSA) is 65.8 Å². The lowest BCUT2D eigenvalue weighted by Gasteiger charge is -2.46. The van der Waals surface area contributed by atoms with E-state index in [0.29, 0.717) is 10.7 Å². The van der Waals surface area contributed by atoms with Gasteiger partial charge in [0, 0.05) is 27.4 Å². The average Bonchev–Trinajstić information content (AvgIpc) is 2.98. The number of aromatic hydroxyl groups is 1. The molecule has 0 saturated heterocycles. The molecule has 0 spiro atoms. The Labute approximate surface area is 211 Å². The number of aromatic nitrogens is 1. The van der Waals surface area contributed by atoms with Crippen molar-refractivity contribution in [1.29, 1.82) is 0 Å². The summed E-state index contributed by atoms with van der Waals surface area (Å²) in [4.78, 5) is 27.0. The highest BCUT2D eigenvalue weighted by Crippen LogP contribution is 2.45. The van der Waals surface area contributed by atoms with Gasteiger partial charge in [-0.1, -0.05) is 46.3 Å². The molecule has 1 N–H and O–H groups in total. The summed E-state index contributed by atoms with van der Waals surface area (Å²) in [5.74, 6) is -1.31. The van der Waals surface area contributed by atoms with Crippen molar-refractivity contribution in [2.24, 2.45) is 0 Å². The fourth-order valence-electron chi connectivity index (χ4n) is 4.51. The summed E-state index contributed by atoms with van der Waals surface area (Å²) in [7, 11) is 0. The lowest BCUT2D eigenvalue weighted by Crippen LogP contribution is -2.60. The second kappa shape index (κ2) is 8.63. The van der Waals surface area contributed by atoms with Crippen molar-refractivity contribution in [3.05, 3.63) is 91.8 Å². The highest BCUT2D eigenvalue weighted by Gasteiger charge is 2.47. The molecular weight excluding hydrogens is 547 g/mol. The lowest BCUT2D eigenvalue weighted by molar-refractivity contribution is -0.173. The fraction of sp³-hybridized carbons (Fsp3) is 0.250. The van der Waals surface area contributed by atoms with E-state index < -0.39 is 47.7 Å². The second-order valence-electron chi connectivity index (χ2n) is 8.34. The molecule has 0 aliphatic carbocycles. The predicted molar refractivity (Wildman–Crippen MR) is 129 cm³/mol. The third-order valence-corrected chi connectivity index (χ3v) is 8.17. The van der Waals surface area contributed by atoms with Gasteiger partial charge in [-0.25, -0.2) is 0 Å². The van der Waals surface area contributed by atoms with E-state index >= 15 is 0 Å². The molecule has 35 heavy (non-hydrogen) atoms. The summed E-state index contributed by atoms with van der Waals surface area (Å²) < 4.78 is 43.4. The average molecular weight is 566 g/mol. The molecule has 182 valence electrons. The van der Waals surface area contributed by atoms with Crippen molar-refractivity contribution in [2.75, 3.05) is 11.7 Å². The van der Waals surface area contributed by atoms with Crippen molar-refractivity contribution in [3.63, 3.8) is 0 Å². The lowest BCUT2D eigenvalue weighted by atomic mass is 9.94. The molecule has 2 aliphatic heterocycles. The van der Waals surface area contributed by atoms with Crippen molar-refractivity contribution < 1.29 is 23.1 Å². The van der Waals surface area contributed by atoms with E-state index in [9.17, 15) is 27.9 Å². The van der Waals surface area contributed by atoms with Crippen LogP contribution < -0.4 is 10.4 Å². The Morgan fingerprint density at radius 2 is 1.86 bits per heavy atom. The van der Waals surface area contributed by atoms with Gasteiger partial charge in [-0.15, -0.1) is 11.8 Å². The van der Waals surface area contributed by atoms with E-state index in [4.69, 9.17) is 0 Å². The first-order chi connectivity index (χ1) is 16.6. The minimum absolute atomic E-state index is 0.417. The summed E-state index contributed by atoms with van der Waals surface area (Å²) in [5.41, 5.74) is 1.31. The minimum atomic E-state index is -4.70. The van der Waals surface area contributed by atoms with Crippen molar-refractivity contribution in [3.8, 4) is 5.75 Å². The molecule has 0 radical (unpaired) electrons.